The van der Waals surface area contributed by atoms with Gasteiger partial charge in [0.15, 0.2) is 0 Å². The summed E-state index contributed by atoms with van der Waals surface area (Å²) < 4.78 is 8.45. The SMILES string of the molecule is [O-]OOSCCCN(CCCSOO[O-])c1ccccc1. The number of rotatable bonds is 13. The molecule has 0 N–H and O–H groups in total. The third kappa shape index (κ3) is 9.17. The van der Waals surface area contributed by atoms with E-state index in [4.69, 9.17) is 0 Å². The van der Waals surface area contributed by atoms with Gasteiger partial charge in [0.05, 0.1) is 0 Å². The van der Waals surface area contributed by atoms with Crippen molar-refractivity contribution in [1.82, 2.24) is 0 Å². The number of para-hydroxylation sites is 1. The van der Waals surface area contributed by atoms with E-state index in [9.17, 15) is 10.5 Å². The molecular weight excluding hydrogens is 318 g/mol. The Morgan fingerprint density at radius 3 is 1.86 bits per heavy atom. The minimum absolute atomic E-state index is 0.660. The van der Waals surface area contributed by atoms with E-state index in [2.05, 4.69) is 23.6 Å². The van der Waals surface area contributed by atoms with Gasteiger partial charge in [-0.05, 0) is 25.0 Å². The van der Waals surface area contributed by atoms with E-state index >= 15 is 0 Å². The van der Waals surface area contributed by atoms with Crippen molar-refractivity contribution in [2.24, 2.45) is 0 Å². The Balaban J connectivity index is 2.32. The summed E-state index contributed by atoms with van der Waals surface area (Å²) >= 11 is 1.98. The molecule has 0 aliphatic carbocycles. The van der Waals surface area contributed by atoms with E-state index in [1.807, 2.05) is 30.3 Å². The van der Waals surface area contributed by atoms with Gasteiger partial charge in [-0.15, -0.1) is 0 Å². The molecule has 1 aromatic carbocycles. The van der Waals surface area contributed by atoms with Crippen LogP contribution in [0.1, 0.15) is 12.8 Å². The van der Waals surface area contributed by atoms with Crippen LogP contribution in [0.4, 0.5) is 5.69 Å². The zero-order valence-corrected chi connectivity index (χ0v) is 13.0. The van der Waals surface area contributed by atoms with Crippen LogP contribution in [-0.2, 0) is 18.7 Å². The molecule has 0 saturated carbocycles. The lowest BCUT2D eigenvalue weighted by molar-refractivity contribution is -0.777. The number of nitrogens with zero attached hydrogens (tertiary/aromatic N) is 1. The minimum atomic E-state index is 0.660. The molecular formula is C12H17NO6S2-2. The highest BCUT2D eigenvalue weighted by molar-refractivity contribution is 7.94. The summed E-state index contributed by atoms with van der Waals surface area (Å²) in [6.07, 6.45) is 1.69. The molecule has 0 spiro atoms. The second kappa shape index (κ2) is 13.2. The maximum atomic E-state index is 9.68. The molecule has 0 fully saturated rings. The highest BCUT2D eigenvalue weighted by Gasteiger charge is 2.06. The summed E-state index contributed by atoms with van der Waals surface area (Å²) in [6.45, 7) is 1.64. The molecule has 9 heteroatoms. The summed E-state index contributed by atoms with van der Waals surface area (Å²) in [4.78, 5) is 2.22. The fourth-order valence-corrected chi connectivity index (χ4v) is 2.45. The van der Waals surface area contributed by atoms with Crippen molar-refractivity contribution in [3.63, 3.8) is 0 Å². The van der Waals surface area contributed by atoms with Gasteiger partial charge in [-0.2, -0.15) is 8.67 Å². The minimum Gasteiger partial charge on any atom is -0.691 e. The van der Waals surface area contributed by atoms with Crippen LogP contribution >= 0.6 is 24.1 Å². The lowest BCUT2D eigenvalue weighted by atomic mass is 10.2. The third-order valence-electron chi connectivity index (χ3n) is 2.58. The summed E-state index contributed by atoms with van der Waals surface area (Å²) in [5, 5.41) is 25.9. The molecule has 0 aliphatic heterocycles. The predicted molar refractivity (Wildman–Crippen MR) is 77.1 cm³/mol. The van der Waals surface area contributed by atoms with Gasteiger partial charge in [-0.25, -0.2) is 0 Å². The zero-order valence-electron chi connectivity index (χ0n) is 11.3. The normalized spacial score (nSPS) is 10.8. The summed E-state index contributed by atoms with van der Waals surface area (Å²) in [5.74, 6) is 1.32. The molecule has 1 aromatic rings. The summed E-state index contributed by atoms with van der Waals surface area (Å²) in [5.41, 5.74) is 1.12. The average Bonchev–Trinajstić information content (AvgIpc) is 2.53. The largest absolute Gasteiger partial charge is 0.691 e. The Morgan fingerprint density at radius 1 is 0.857 bits per heavy atom. The van der Waals surface area contributed by atoms with E-state index < -0.39 is 0 Å². The molecule has 0 aliphatic rings. The number of anilines is 1. The smallest absolute Gasteiger partial charge is 0.0366 e. The van der Waals surface area contributed by atoms with Crippen LogP contribution in [-0.4, -0.2) is 24.6 Å². The van der Waals surface area contributed by atoms with E-state index in [0.717, 1.165) is 55.7 Å². The summed E-state index contributed by atoms with van der Waals surface area (Å²) in [7, 11) is 0. The molecule has 1 rings (SSSR count). The first-order valence-electron chi connectivity index (χ1n) is 6.34. The fourth-order valence-electron chi connectivity index (χ4n) is 1.74. The lowest BCUT2D eigenvalue weighted by Crippen LogP contribution is -2.26. The molecule has 0 radical (unpaired) electrons. The standard InChI is InChI=1S/C12H19NO6S2/c14-16-18-20-10-4-8-13(9-5-11-21-19-17-15)12-6-2-1-3-7-12/h1-3,6-7,14-15H,4-5,8-11H2/p-2. The maximum Gasteiger partial charge on any atom is 0.0366 e. The highest BCUT2D eigenvalue weighted by Crippen LogP contribution is 2.16. The van der Waals surface area contributed by atoms with Gasteiger partial charge in [0.1, 0.15) is 0 Å². The Hall–Kier alpha value is -0.520. The number of hydrogen-bond acceptors (Lipinski definition) is 9. The highest BCUT2D eigenvalue weighted by atomic mass is 32.2. The third-order valence-corrected chi connectivity index (χ3v) is 3.80. The molecule has 21 heavy (non-hydrogen) atoms. The lowest BCUT2D eigenvalue weighted by Gasteiger charge is -2.24. The van der Waals surface area contributed by atoms with Crippen molar-refractivity contribution in [2.45, 2.75) is 12.8 Å². The molecule has 7 nitrogen and oxygen atoms in total. The van der Waals surface area contributed by atoms with Gasteiger partial charge < -0.3 is 15.4 Å². The first kappa shape index (κ1) is 18.5. The van der Waals surface area contributed by atoms with Crippen molar-refractivity contribution in [3.8, 4) is 0 Å². The van der Waals surface area contributed by atoms with E-state index in [0.29, 0.717) is 11.5 Å². The molecule has 0 atom stereocenters. The molecule has 0 bridgehead atoms. The van der Waals surface area contributed by atoms with Gasteiger partial charge in [0, 0.05) is 54.4 Å². The van der Waals surface area contributed by atoms with Gasteiger partial charge in [-0.1, -0.05) is 18.2 Å². The van der Waals surface area contributed by atoms with Crippen LogP contribution in [0.15, 0.2) is 30.3 Å². The second-order valence-corrected chi connectivity index (χ2v) is 5.51. The van der Waals surface area contributed by atoms with Gasteiger partial charge >= 0.3 is 0 Å². The Morgan fingerprint density at radius 2 is 1.38 bits per heavy atom. The Labute approximate surface area is 132 Å². The monoisotopic (exact) mass is 335 g/mol. The van der Waals surface area contributed by atoms with Crippen molar-refractivity contribution >= 4 is 29.8 Å². The van der Waals surface area contributed by atoms with Gasteiger partial charge in [0.25, 0.3) is 0 Å². The van der Waals surface area contributed by atoms with Crippen molar-refractivity contribution in [1.29, 1.82) is 0 Å². The van der Waals surface area contributed by atoms with Crippen LogP contribution < -0.4 is 15.4 Å². The van der Waals surface area contributed by atoms with Gasteiger partial charge in [-0.3, -0.25) is 10.1 Å². The summed E-state index contributed by atoms with van der Waals surface area (Å²) in [6, 6.07) is 10.00. The van der Waals surface area contributed by atoms with Crippen LogP contribution in [0.5, 0.6) is 0 Å². The Kier molecular flexibility index (Phi) is 11.6. The molecule has 0 amide bonds. The van der Waals surface area contributed by atoms with E-state index in [1.54, 1.807) is 0 Å². The van der Waals surface area contributed by atoms with Gasteiger partial charge in [0.2, 0.25) is 0 Å². The van der Waals surface area contributed by atoms with E-state index in [-0.39, 0.29) is 0 Å². The molecule has 0 heterocycles. The van der Waals surface area contributed by atoms with Crippen molar-refractivity contribution < 1.29 is 29.3 Å². The van der Waals surface area contributed by atoms with Crippen LogP contribution in [0.25, 0.3) is 0 Å². The zero-order chi connectivity index (χ0) is 15.2. The number of benzene rings is 1. The number of hydrogen-bond donors (Lipinski definition) is 0. The topological polar surface area (TPSA) is 86.3 Å². The Bertz CT molecular complexity index is 332. The quantitative estimate of drug-likeness (QED) is 0.227. The molecule has 120 valence electrons. The molecule has 0 aromatic heterocycles. The van der Waals surface area contributed by atoms with Crippen LogP contribution in [0.2, 0.25) is 0 Å². The van der Waals surface area contributed by atoms with E-state index in [1.165, 1.54) is 0 Å². The molecule has 0 unspecified atom stereocenters. The average molecular weight is 335 g/mol. The first-order chi connectivity index (χ1) is 10.4. The fraction of sp³-hybridized carbons (Fsp3) is 0.500. The maximum absolute atomic E-state index is 9.68. The van der Waals surface area contributed by atoms with Crippen molar-refractivity contribution in [2.75, 3.05) is 29.5 Å². The predicted octanol–water partition coefficient (Wildman–Crippen LogP) is 1.02. The van der Waals surface area contributed by atoms with Crippen LogP contribution in [0.3, 0.4) is 0 Å². The van der Waals surface area contributed by atoms with Crippen molar-refractivity contribution in [3.05, 3.63) is 30.3 Å². The first-order valence-corrected chi connectivity index (χ1v) is 8.17. The second-order valence-electron chi connectivity index (χ2n) is 3.95. The molecule has 0 saturated heterocycles. The van der Waals surface area contributed by atoms with Crippen LogP contribution in [0, 0.1) is 0 Å².